The maximum Gasteiger partial charge on any atom is 0.242 e. The third-order valence-corrected chi connectivity index (χ3v) is 4.94. The minimum Gasteiger partial charge on any atom is -0.375 e. The highest BCUT2D eigenvalue weighted by Crippen LogP contribution is 2.56. The van der Waals surface area contributed by atoms with E-state index in [0.717, 1.165) is 11.8 Å². The van der Waals surface area contributed by atoms with Gasteiger partial charge in [0.25, 0.3) is 0 Å². The normalized spacial score (nSPS) is 42.2. The van der Waals surface area contributed by atoms with E-state index in [-0.39, 0.29) is 16.9 Å². The Labute approximate surface area is 107 Å². The van der Waals surface area contributed by atoms with Crippen molar-refractivity contribution in [2.75, 3.05) is 0 Å². The zero-order chi connectivity index (χ0) is 12.0. The van der Waals surface area contributed by atoms with Crippen LogP contribution in [0.15, 0.2) is 0 Å². The summed E-state index contributed by atoms with van der Waals surface area (Å²) in [6.45, 7) is 0. The molecule has 0 aromatic carbocycles. The third kappa shape index (κ3) is 2.01. The predicted octanol–water partition coefficient (Wildman–Crippen LogP) is 0.923. The van der Waals surface area contributed by atoms with Crippen molar-refractivity contribution in [1.29, 1.82) is 0 Å². The van der Waals surface area contributed by atoms with Gasteiger partial charge in [-0.15, -0.1) is 0 Å². The van der Waals surface area contributed by atoms with Gasteiger partial charge in [0.15, 0.2) is 5.11 Å². The molecular weight excluding hydrogens is 234 g/mol. The van der Waals surface area contributed by atoms with Crippen LogP contribution in [-0.4, -0.2) is 11.0 Å². The molecule has 0 aliphatic heterocycles. The summed E-state index contributed by atoms with van der Waals surface area (Å²) < 4.78 is 0. The van der Waals surface area contributed by atoms with Crippen LogP contribution in [0.5, 0.6) is 0 Å². The van der Waals surface area contributed by atoms with Gasteiger partial charge in [0.05, 0.1) is 0 Å². The Bertz CT molecular complexity index is 330. The Morgan fingerprint density at radius 2 is 1.53 bits per heavy atom. The molecule has 17 heavy (non-hydrogen) atoms. The van der Waals surface area contributed by atoms with E-state index in [1.54, 1.807) is 0 Å². The van der Waals surface area contributed by atoms with Crippen LogP contribution >= 0.6 is 12.2 Å². The van der Waals surface area contributed by atoms with Crippen LogP contribution in [0.4, 0.5) is 0 Å². The fourth-order valence-corrected chi connectivity index (χ4v) is 4.61. The minimum atomic E-state index is 0.0894. The number of nitrogens with one attached hydrogen (secondary N) is 2. The van der Waals surface area contributed by atoms with Crippen LogP contribution in [0.3, 0.4) is 0 Å². The van der Waals surface area contributed by atoms with Gasteiger partial charge in [0, 0.05) is 5.92 Å². The zero-order valence-corrected chi connectivity index (χ0v) is 10.6. The number of amides is 1. The van der Waals surface area contributed by atoms with Crippen molar-refractivity contribution in [3.05, 3.63) is 0 Å². The summed E-state index contributed by atoms with van der Waals surface area (Å²) in [6, 6.07) is 0. The molecule has 4 aliphatic carbocycles. The van der Waals surface area contributed by atoms with E-state index in [1.807, 2.05) is 0 Å². The first-order valence-electron chi connectivity index (χ1n) is 6.48. The quantitative estimate of drug-likeness (QED) is 0.480. The van der Waals surface area contributed by atoms with Crippen molar-refractivity contribution in [1.82, 2.24) is 10.9 Å². The van der Waals surface area contributed by atoms with E-state index in [4.69, 9.17) is 18.0 Å². The van der Waals surface area contributed by atoms with E-state index >= 15 is 0 Å². The van der Waals surface area contributed by atoms with E-state index in [0.29, 0.717) is 11.8 Å². The lowest BCUT2D eigenvalue weighted by Crippen LogP contribution is -2.54. The van der Waals surface area contributed by atoms with Crippen LogP contribution in [0.2, 0.25) is 0 Å². The van der Waals surface area contributed by atoms with Crippen LogP contribution in [0.25, 0.3) is 0 Å². The fraction of sp³-hybridized carbons (Fsp3) is 0.833. The Hall–Kier alpha value is -0.840. The largest absolute Gasteiger partial charge is 0.375 e. The molecule has 0 aromatic heterocycles. The molecule has 5 heteroatoms. The first kappa shape index (κ1) is 11.3. The molecule has 0 radical (unpaired) electrons. The average Bonchev–Trinajstić information content (AvgIpc) is 2.24. The number of carbonyl (C=O) groups excluding carboxylic acids is 1. The van der Waals surface area contributed by atoms with Gasteiger partial charge in [-0.05, 0) is 68.0 Å². The molecule has 4 N–H and O–H groups in total. The maximum absolute atomic E-state index is 12.1. The van der Waals surface area contributed by atoms with Gasteiger partial charge in [-0.25, -0.2) is 0 Å². The molecule has 94 valence electrons. The van der Waals surface area contributed by atoms with Gasteiger partial charge in [0.1, 0.15) is 0 Å². The number of hydrazine groups is 1. The van der Waals surface area contributed by atoms with E-state index in [9.17, 15) is 4.79 Å². The second-order valence-electron chi connectivity index (χ2n) is 5.94. The third-order valence-electron chi connectivity index (χ3n) is 4.84. The second-order valence-corrected chi connectivity index (χ2v) is 6.37. The lowest BCUT2D eigenvalue weighted by atomic mass is 9.52. The van der Waals surface area contributed by atoms with Gasteiger partial charge in [0.2, 0.25) is 5.91 Å². The highest BCUT2D eigenvalue weighted by Gasteiger charge is 2.50. The molecule has 4 saturated carbocycles. The SMILES string of the molecule is NC(=S)NNC(=O)C1C2CC3CC(C2)CC1C3. The summed E-state index contributed by atoms with van der Waals surface area (Å²) in [5.41, 5.74) is 10.5. The first-order chi connectivity index (χ1) is 8.13. The van der Waals surface area contributed by atoms with Gasteiger partial charge < -0.3 is 5.73 Å². The Kier molecular flexibility index (Phi) is 2.73. The first-order valence-corrected chi connectivity index (χ1v) is 6.89. The van der Waals surface area contributed by atoms with Crippen molar-refractivity contribution in [3.63, 3.8) is 0 Å². The van der Waals surface area contributed by atoms with Crippen molar-refractivity contribution in [2.45, 2.75) is 32.1 Å². The van der Waals surface area contributed by atoms with Gasteiger partial charge in [-0.1, -0.05) is 0 Å². The molecular formula is C12H19N3OS. The molecule has 0 spiro atoms. The number of thiocarbonyl (C=S) groups is 1. The Morgan fingerprint density at radius 1 is 1.00 bits per heavy atom. The summed E-state index contributed by atoms with van der Waals surface area (Å²) in [7, 11) is 0. The summed E-state index contributed by atoms with van der Waals surface area (Å²) in [5.74, 6) is 3.25. The number of hydrogen-bond acceptors (Lipinski definition) is 2. The van der Waals surface area contributed by atoms with Gasteiger partial charge >= 0.3 is 0 Å². The molecule has 0 heterocycles. The number of rotatable bonds is 1. The van der Waals surface area contributed by atoms with Crippen LogP contribution in [0, 0.1) is 29.6 Å². The monoisotopic (exact) mass is 253 g/mol. The summed E-state index contributed by atoms with van der Waals surface area (Å²) in [4.78, 5) is 12.1. The molecule has 1 amide bonds. The Balaban J connectivity index is 1.67. The van der Waals surface area contributed by atoms with Gasteiger partial charge in [-0.3, -0.25) is 15.6 Å². The molecule has 4 aliphatic rings. The lowest BCUT2D eigenvalue weighted by molar-refractivity contribution is -0.138. The van der Waals surface area contributed by atoms with Crippen LogP contribution in [0.1, 0.15) is 32.1 Å². The van der Waals surface area contributed by atoms with Crippen molar-refractivity contribution >= 4 is 23.2 Å². The molecule has 0 aromatic rings. The lowest BCUT2D eigenvalue weighted by Gasteiger charge is -2.53. The smallest absolute Gasteiger partial charge is 0.242 e. The minimum absolute atomic E-state index is 0.0894. The van der Waals surface area contributed by atoms with E-state index in [2.05, 4.69) is 10.9 Å². The molecule has 0 saturated heterocycles. The molecule has 0 unspecified atom stereocenters. The second kappa shape index (κ2) is 4.12. The number of nitrogens with two attached hydrogens (primary N) is 1. The van der Waals surface area contributed by atoms with Crippen LogP contribution in [-0.2, 0) is 4.79 Å². The van der Waals surface area contributed by atoms with Gasteiger partial charge in [-0.2, -0.15) is 0 Å². The summed E-state index contributed by atoms with van der Waals surface area (Å²) in [6.07, 6.45) is 6.40. The fourth-order valence-electron chi connectivity index (χ4n) is 4.56. The molecule has 4 rings (SSSR count). The van der Waals surface area contributed by atoms with Crippen molar-refractivity contribution in [3.8, 4) is 0 Å². The zero-order valence-electron chi connectivity index (χ0n) is 9.82. The van der Waals surface area contributed by atoms with E-state index in [1.165, 1.54) is 32.1 Å². The topological polar surface area (TPSA) is 67.2 Å². The Morgan fingerprint density at radius 3 is 2.00 bits per heavy atom. The number of carbonyl (C=O) groups is 1. The molecule has 4 bridgehead atoms. The number of hydrogen-bond donors (Lipinski definition) is 3. The standard InChI is InChI=1S/C12H19N3OS/c13-12(17)15-14-11(16)10-8-2-6-1-7(4-8)5-9(10)3-6/h6-10H,1-5H2,(H,14,16)(H3,13,15,17). The predicted molar refractivity (Wildman–Crippen MR) is 68.6 cm³/mol. The van der Waals surface area contributed by atoms with E-state index < -0.39 is 0 Å². The van der Waals surface area contributed by atoms with Crippen molar-refractivity contribution in [2.24, 2.45) is 35.3 Å². The highest BCUT2D eigenvalue weighted by molar-refractivity contribution is 7.80. The summed E-state index contributed by atoms with van der Waals surface area (Å²) >= 11 is 4.69. The maximum atomic E-state index is 12.1. The molecule has 4 nitrogen and oxygen atoms in total. The molecule has 0 atom stereocenters. The van der Waals surface area contributed by atoms with Crippen LogP contribution < -0.4 is 16.6 Å². The van der Waals surface area contributed by atoms with Crippen molar-refractivity contribution < 1.29 is 4.79 Å². The molecule has 4 fully saturated rings. The highest BCUT2D eigenvalue weighted by atomic mass is 32.1. The average molecular weight is 253 g/mol. The summed E-state index contributed by atoms with van der Waals surface area (Å²) in [5, 5.41) is 0.127.